The molecule has 5 heteroatoms. The van der Waals surface area contributed by atoms with E-state index in [9.17, 15) is 4.79 Å². The van der Waals surface area contributed by atoms with Gasteiger partial charge in [-0.3, -0.25) is 9.69 Å². The third-order valence-electron chi connectivity index (χ3n) is 2.22. The third kappa shape index (κ3) is 4.00. The molecule has 1 aromatic carbocycles. The molecule has 0 spiro atoms. The summed E-state index contributed by atoms with van der Waals surface area (Å²) in [6, 6.07) is 5.22. The highest BCUT2D eigenvalue weighted by atomic mass is 35.5. The fraction of sp³-hybridized carbons (Fsp3) is 0.364. The van der Waals surface area contributed by atoms with Crippen molar-refractivity contribution in [2.24, 2.45) is 0 Å². The Balaban J connectivity index is 2.73. The molecule has 0 saturated heterocycles. The maximum atomic E-state index is 10.6. The number of aliphatic carboxylic acids is 1. The van der Waals surface area contributed by atoms with E-state index in [2.05, 4.69) is 0 Å². The van der Waals surface area contributed by atoms with Crippen molar-refractivity contribution >= 4 is 29.2 Å². The molecule has 0 amide bonds. The van der Waals surface area contributed by atoms with Crippen LogP contribution in [0.3, 0.4) is 0 Å². The van der Waals surface area contributed by atoms with Gasteiger partial charge in [-0.25, -0.2) is 0 Å². The Bertz CT molecular complexity index is 382. The first-order chi connectivity index (χ1) is 7.52. The highest BCUT2D eigenvalue weighted by molar-refractivity contribution is 6.35. The van der Waals surface area contributed by atoms with Gasteiger partial charge in [0.25, 0.3) is 0 Å². The predicted octanol–water partition coefficient (Wildman–Crippen LogP) is 2.90. The Morgan fingerprint density at radius 1 is 1.44 bits per heavy atom. The lowest BCUT2D eigenvalue weighted by Gasteiger charge is -2.18. The van der Waals surface area contributed by atoms with Crippen molar-refractivity contribution in [2.45, 2.75) is 13.5 Å². The van der Waals surface area contributed by atoms with Gasteiger partial charge in [0, 0.05) is 16.6 Å². The largest absolute Gasteiger partial charge is 0.480 e. The van der Waals surface area contributed by atoms with Gasteiger partial charge in [-0.2, -0.15) is 0 Å². The average Bonchev–Trinajstić information content (AvgIpc) is 2.20. The van der Waals surface area contributed by atoms with Crippen LogP contribution in [0, 0.1) is 0 Å². The van der Waals surface area contributed by atoms with Crippen molar-refractivity contribution in [3.63, 3.8) is 0 Å². The molecule has 0 fully saturated rings. The van der Waals surface area contributed by atoms with E-state index in [1.807, 2.05) is 13.0 Å². The minimum absolute atomic E-state index is 0.00938. The molecular formula is C11H13Cl2NO2. The topological polar surface area (TPSA) is 40.5 Å². The highest BCUT2D eigenvalue weighted by Crippen LogP contribution is 2.22. The molecule has 0 heterocycles. The third-order valence-corrected chi connectivity index (χ3v) is 2.80. The Morgan fingerprint density at radius 3 is 2.62 bits per heavy atom. The number of hydrogen-bond acceptors (Lipinski definition) is 2. The molecule has 1 rings (SSSR count). The molecule has 16 heavy (non-hydrogen) atoms. The summed E-state index contributed by atoms with van der Waals surface area (Å²) in [4.78, 5) is 12.4. The van der Waals surface area contributed by atoms with Crippen LogP contribution in [0.4, 0.5) is 0 Å². The Morgan fingerprint density at radius 2 is 2.12 bits per heavy atom. The number of hydrogen-bond donors (Lipinski definition) is 1. The minimum atomic E-state index is -0.841. The van der Waals surface area contributed by atoms with Gasteiger partial charge in [0.05, 0.1) is 6.54 Å². The Kier molecular flexibility index (Phi) is 5.06. The van der Waals surface area contributed by atoms with Crippen molar-refractivity contribution < 1.29 is 9.90 Å². The van der Waals surface area contributed by atoms with E-state index in [1.165, 1.54) is 0 Å². The summed E-state index contributed by atoms with van der Waals surface area (Å²) in [5, 5.41) is 9.86. The lowest BCUT2D eigenvalue weighted by molar-refractivity contribution is -0.138. The second kappa shape index (κ2) is 6.09. The van der Waals surface area contributed by atoms with Gasteiger partial charge in [-0.15, -0.1) is 0 Å². The number of carboxylic acids is 1. The first kappa shape index (κ1) is 13.3. The molecule has 0 saturated carbocycles. The lowest BCUT2D eigenvalue weighted by atomic mass is 10.2. The number of carboxylic acid groups (broad SMARTS) is 1. The fourth-order valence-corrected chi connectivity index (χ4v) is 1.83. The van der Waals surface area contributed by atoms with Crippen LogP contribution in [0.15, 0.2) is 18.2 Å². The monoisotopic (exact) mass is 261 g/mol. The van der Waals surface area contributed by atoms with Crippen LogP contribution in [-0.4, -0.2) is 29.1 Å². The van der Waals surface area contributed by atoms with Crippen LogP contribution in [-0.2, 0) is 11.3 Å². The number of nitrogens with zero attached hydrogens (tertiary/aromatic N) is 1. The van der Waals surface area contributed by atoms with Gasteiger partial charge in [-0.05, 0) is 24.2 Å². The maximum absolute atomic E-state index is 10.6. The molecule has 0 atom stereocenters. The van der Waals surface area contributed by atoms with E-state index in [0.717, 1.165) is 5.56 Å². The number of benzene rings is 1. The van der Waals surface area contributed by atoms with Gasteiger partial charge in [0.1, 0.15) is 0 Å². The van der Waals surface area contributed by atoms with Crippen LogP contribution in [0.2, 0.25) is 10.0 Å². The number of rotatable bonds is 5. The van der Waals surface area contributed by atoms with Gasteiger partial charge < -0.3 is 5.11 Å². The summed E-state index contributed by atoms with van der Waals surface area (Å²) < 4.78 is 0. The zero-order valence-electron chi connectivity index (χ0n) is 8.91. The SMILES string of the molecule is CCN(CC(=O)O)Cc1ccc(Cl)cc1Cl. The van der Waals surface area contributed by atoms with E-state index in [-0.39, 0.29) is 6.54 Å². The van der Waals surface area contributed by atoms with E-state index >= 15 is 0 Å². The van der Waals surface area contributed by atoms with Gasteiger partial charge >= 0.3 is 5.97 Å². The first-order valence-electron chi connectivity index (χ1n) is 4.91. The molecule has 0 unspecified atom stereocenters. The van der Waals surface area contributed by atoms with Crippen molar-refractivity contribution in [1.82, 2.24) is 4.90 Å². The molecule has 88 valence electrons. The Hall–Kier alpha value is -0.770. The molecule has 0 radical (unpaired) electrons. The summed E-state index contributed by atoms with van der Waals surface area (Å²) >= 11 is 11.8. The molecule has 0 aliphatic rings. The average molecular weight is 262 g/mol. The fourth-order valence-electron chi connectivity index (χ4n) is 1.36. The number of likely N-dealkylation sites (N-methyl/N-ethyl adjacent to an activating group) is 1. The molecule has 0 aliphatic carbocycles. The number of carbonyl (C=O) groups is 1. The minimum Gasteiger partial charge on any atom is -0.480 e. The molecule has 0 aliphatic heterocycles. The van der Waals surface area contributed by atoms with Crippen molar-refractivity contribution in [3.8, 4) is 0 Å². The molecule has 3 nitrogen and oxygen atoms in total. The number of halogens is 2. The second-order valence-electron chi connectivity index (χ2n) is 3.43. The predicted molar refractivity (Wildman–Crippen MR) is 65.0 cm³/mol. The quantitative estimate of drug-likeness (QED) is 0.886. The van der Waals surface area contributed by atoms with E-state index in [0.29, 0.717) is 23.1 Å². The van der Waals surface area contributed by atoms with E-state index in [4.69, 9.17) is 28.3 Å². The normalized spacial score (nSPS) is 10.8. The van der Waals surface area contributed by atoms with Crippen molar-refractivity contribution in [2.75, 3.05) is 13.1 Å². The molecular weight excluding hydrogens is 249 g/mol. The van der Waals surface area contributed by atoms with E-state index < -0.39 is 5.97 Å². The summed E-state index contributed by atoms with van der Waals surface area (Å²) in [5.41, 5.74) is 0.883. The molecule has 0 bridgehead atoms. The highest BCUT2D eigenvalue weighted by Gasteiger charge is 2.10. The van der Waals surface area contributed by atoms with Crippen LogP contribution in [0.1, 0.15) is 12.5 Å². The maximum Gasteiger partial charge on any atom is 0.317 e. The first-order valence-corrected chi connectivity index (χ1v) is 5.66. The lowest BCUT2D eigenvalue weighted by Crippen LogP contribution is -2.29. The van der Waals surface area contributed by atoms with Gasteiger partial charge in [0.15, 0.2) is 0 Å². The summed E-state index contributed by atoms with van der Waals surface area (Å²) in [6.07, 6.45) is 0. The van der Waals surface area contributed by atoms with Crippen LogP contribution >= 0.6 is 23.2 Å². The zero-order chi connectivity index (χ0) is 12.1. The smallest absolute Gasteiger partial charge is 0.317 e. The second-order valence-corrected chi connectivity index (χ2v) is 4.28. The molecule has 1 N–H and O–H groups in total. The summed E-state index contributed by atoms with van der Waals surface area (Å²) in [6.45, 7) is 3.09. The van der Waals surface area contributed by atoms with Crippen molar-refractivity contribution in [3.05, 3.63) is 33.8 Å². The molecule has 1 aromatic rings. The summed E-state index contributed by atoms with van der Waals surface area (Å²) in [7, 11) is 0. The van der Waals surface area contributed by atoms with Crippen LogP contribution in [0.25, 0.3) is 0 Å². The van der Waals surface area contributed by atoms with Crippen LogP contribution < -0.4 is 0 Å². The van der Waals surface area contributed by atoms with Gasteiger partial charge in [0.2, 0.25) is 0 Å². The van der Waals surface area contributed by atoms with Crippen molar-refractivity contribution in [1.29, 1.82) is 0 Å². The molecule has 0 aromatic heterocycles. The standard InChI is InChI=1S/C11H13Cl2NO2/c1-2-14(7-11(15)16)6-8-3-4-9(12)5-10(8)13/h3-5H,2,6-7H2,1H3,(H,15,16). The van der Waals surface area contributed by atoms with Gasteiger partial charge in [-0.1, -0.05) is 36.2 Å². The summed E-state index contributed by atoms with van der Waals surface area (Å²) in [5.74, 6) is -0.841. The Labute approximate surface area is 105 Å². The zero-order valence-corrected chi connectivity index (χ0v) is 10.4. The van der Waals surface area contributed by atoms with E-state index in [1.54, 1.807) is 17.0 Å². The van der Waals surface area contributed by atoms with Crippen LogP contribution in [0.5, 0.6) is 0 Å².